The van der Waals surface area contributed by atoms with Gasteiger partial charge in [-0.15, -0.1) is 0 Å². The van der Waals surface area contributed by atoms with Crippen LogP contribution in [0.15, 0.2) is 36.5 Å². The number of nitrogens with zero attached hydrogens (tertiary/aromatic N) is 1. The van der Waals surface area contributed by atoms with E-state index in [1.165, 1.54) is 12.8 Å². The van der Waals surface area contributed by atoms with Crippen molar-refractivity contribution in [1.29, 1.82) is 0 Å². The molecule has 0 atom stereocenters. The Labute approximate surface area is 139 Å². The highest BCUT2D eigenvalue weighted by Crippen LogP contribution is 2.17. The molecule has 0 unspecified atom stereocenters. The number of carbonyl (C=O) groups excluding carboxylic acids is 1. The smallest absolute Gasteiger partial charge is 0.343 e. The number of benzene rings is 1. The van der Waals surface area contributed by atoms with E-state index in [2.05, 4.69) is 11.9 Å². The fourth-order valence-electron chi connectivity index (χ4n) is 2.03. The number of rotatable bonds is 8. The summed E-state index contributed by atoms with van der Waals surface area (Å²) < 4.78 is 36.3. The highest BCUT2D eigenvalue weighted by molar-refractivity contribution is 5.91. The van der Waals surface area contributed by atoms with Crippen LogP contribution in [-0.4, -0.2) is 17.6 Å². The van der Waals surface area contributed by atoms with Crippen molar-refractivity contribution in [3.05, 3.63) is 53.9 Å². The summed E-state index contributed by atoms with van der Waals surface area (Å²) in [6.07, 6.45) is 5.42. The molecule has 1 aromatic heterocycles. The fraction of sp³-hybridized carbons (Fsp3) is 0.333. The van der Waals surface area contributed by atoms with Crippen LogP contribution in [0.2, 0.25) is 0 Å². The zero-order chi connectivity index (χ0) is 17.4. The minimum absolute atomic E-state index is 0.157. The first-order chi connectivity index (χ1) is 11.6. The average Bonchev–Trinajstić information content (AvgIpc) is 2.58. The molecular formula is C18H19F2NO3. The van der Waals surface area contributed by atoms with Gasteiger partial charge in [-0.05, 0) is 30.7 Å². The van der Waals surface area contributed by atoms with Crippen LogP contribution in [0, 0.1) is 11.8 Å². The monoisotopic (exact) mass is 335 g/mol. The number of pyridine rings is 1. The predicted octanol–water partition coefficient (Wildman–Crippen LogP) is 4.54. The maximum Gasteiger partial charge on any atom is 0.343 e. The van der Waals surface area contributed by atoms with Gasteiger partial charge >= 0.3 is 5.97 Å². The molecule has 0 radical (unpaired) electrons. The Bertz CT molecular complexity index is 674. The van der Waals surface area contributed by atoms with E-state index in [4.69, 9.17) is 9.47 Å². The van der Waals surface area contributed by atoms with E-state index in [1.807, 2.05) is 0 Å². The summed E-state index contributed by atoms with van der Waals surface area (Å²) in [5.74, 6) is -2.59. The summed E-state index contributed by atoms with van der Waals surface area (Å²) in [5.41, 5.74) is 0.276. The van der Waals surface area contributed by atoms with Crippen molar-refractivity contribution in [2.45, 2.75) is 32.6 Å². The lowest BCUT2D eigenvalue weighted by Crippen LogP contribution is -2.09. The lowest BCUT2D eigenvalue weighted by atomic mass is 10.2. The second-order valence-corrected chi connectivity index (χ2v) is 5.27. The molecule has 0 spiro atoms. The Morgan fingerprint density at radius 2 is 1.83 bits per heavy atom. The van der Waals surface area contributed by atoms with E-state index in [0.717, 1.165) is 25.1 Å². The van der Waals surface area contributed by atoms with Crippen molar-refractivity contribution < 1.29 is 23.0 Å². The van der Waals surface area contributed by atoms with Crippen LogP contribution in [0.3, 0.4) is 0 Å². The maximum absolute atomic E-state index is 13.0. The van der Waals surface area contributed by atoms with Crippen LogP contribution >= 0.6 is 0 Å². The Morgan fingerprint density at radius 1 is 1.08 bits per heavy atom. The molecule has 0 N–H and O–H groups in total. The van der Waals surface area contributed by atoms with Gasteiger partial charge in [-0.1, -0.05) is 26.2 Å². The molecule has 128 valence electrons. The van der Waals surface area contributed by atoms with Crippen molar-refractivity contribution in [2.75, 3.05) is 6.61 Å². The molecule has 1 heterocycles. The number of esters is 1. The third kappa shape index (κ3) is 5.30. The molecule has 1 aromatic carbocycles. The van der Waals surface area contributed by atoms with Gasteiger partial charge in [0, 0.05) is 6.07 Å². The second-order valence-electron chi connectivity index (χ2n) is 5.27. The second kappa shape index (κ2) is 8.96. The molecule has 24 heavy (non-hydrogen) atoms. The number of unbranched alkanes of at least 4 members (excludes halogenated alkanes) is 3. The highest BCUT2D eigenvalue weighted by Gasteiger charge is 2.11. The first-order valence-electron chi connectivity index (χ1n) is 7.86. The summed E-state index contributed by atoms with van der Waals surface area (Å²) in [6, 6.07) is 7.21. The van der Waals surface area contributed by atoms with Crippen LogP contribution in [-0.2, 0) is 0 Å². The molecule has 4 nitrogen and oxygen atoms in total. The molecule has 6 heteroatoms. The van der Waals surface area contributed by atoms with Crippen LogP contribution in [0.1, 0.15) is 43.0 Å². The largest absolute Gasteiger partial charge is 0.494 e. The quantitative estimate of drug-likeness (QED) is 0.404. The predicted molar refractivity (Wildman–Crippen MR) is 85.2 cm³/mol. The van der Waals surface area contributed by atoms with E-state index < -0.39 is 17.7 Å². The van der Waals surface area contributed by atoms with Crippen molar-refractivity contribution in [3.8, 4) is 11.5 Å². The average molecular weight is 335 g/mol. The number of hydrogen-bond acceptors (Lipinski definition) is 4. The summed E-state index contributed by atoms with van der Waals surface area (Å²) in [7, 11) is 0. The van der Waals surface area contributed by atoms with E-state index >= 15 is 0 Å². The minimum atomic E-state index is -1.24. The standard InChI is InChI=1S/C18H19F2NO3/c1-2-3-4-5-10-23-14-8-6-13(7-9-14)18(22)24-15-11-16(19)17(20)21-12-15/h6-9,11-12H,2-5,10H2,1H3. The van der Waals surface area contributed by atoms with E-state index in [0.29, 0.717) is 12.4 Å². The topological polar surface area (TPSA) is 48.4 Å². The molecule has 2 aromatic rings. The number of hydrogen-bond donors (Lipinski definition) is 0. The zero-order valence-corrected chi connectivity index (χ0v) is 13.4. The molecule has 0 fully saturated rings. The highest BCUT2D eigenvalue weighted by atomic mass is 19.2. The summed E-state index contributed by atoms with van der Waals surface area (Å²) in [6.45, 7) is 2.78. The van der Waals surface area contributed by atoms with E-state index in [9.17, 15) is 13.6 Å². The Balaban J connectivity index is 1.87. The third-order valence-corrected chi connectivity index (χ3v) is 3.34. The molecule has 0 saturated heterocycles. The summed E-state index contributed by atoms with van der Waals surface area (Å²) in [4.78, 5) is 15.1. The van der Waals surface area contributed by atoms with Crippen molar-refractivity contribution in [3.63, 3.8) is 0 Å². The molecule has 0 bridgehead atoms. The van der Waals surface area contributed by atoms with Crippen molar-refractivity contribution >= 4 is 5.97 Å². The molecule has 0 saturated carbocycles. The van der Waals surface area contributed by atoms with Gasteiger partial charge in [-0.25, -0.2) is 14.2 Å². The van der Waals surface area contributed by atoms with Gasteiger partial charge in [0.2, 0.25) is 5.95 Å². The Hall–Kier alpha value is -2.50. The summed E-state index contributed by atoms with van der Waals surface area (Å²) in [5, 5.41) is 0. The van der Waals surface area contributed by atoms with Crippen LogP contribution in [0.25, 0.3) is 0 Å². The molecule has 0 aliphatic carbocycles. The SMILES string of the molecule is CCCCCCOc1ccc(C(=O)Oc2cnc(F)c(F)c2)cc1. The molecular weight excluding hydrogens is 316 g/mol. The van der Waals surface area contributed by atoms with Crippen LogP contribution in [0.5, 0.6) is 11.5 Å². The number of aromatic nitrogens is 1. The summed E-state index contributed by atoms with van der Waals surface area (Å²) >= 11 is 0. The number of carbonyl (C=O) groups is 1. The first kappa shape index (κ1) is 17.8. The van der Waals surface area contributed by atoms with Gasteiger partial charge in [0.05, 0.1) is 18.4 Å². The van der Waals surface area contributed by atoms with Gasteiger partial charge in [0.15, 0.2) is 11.6 Å². The Morgan fingerprint density at radius 3 is 2.50 bits per heavy atom. The van der Waals surface area contributed by atoms with Gasteiger partial charge < -0.3 is 9.47 Å². The fourth-order valence-corrected chi connectivity index (χ4v) is 2.03. The number of halogens is 2. The molecule has 0 amide bonds. The number of ether oxygens (including phenoxy) is 2. The van der Waals surface area contributed by atoms with Crippen molar-refractivity contribution in [1.82, 2.24) is 4.98 Å². The van der Waals surface area contributed by atoms with Crippen LogP contribution in [0.4, 0.5) is 8.78 Å². The maximum atomic E-state index is 13.0. The lowest BCUT2D eigenvalue weighted by Gasteiger charge is -2.07. The zero-order valence-electron chi connectivity index (χ0n) is 13.4. The van der Waals surface area contributed by atoms with Gasteiger partial charge in [0.25, 0.3) is 0 Å². The molecule has 0 aliphatic rings. The first-order valence-corrected chi connectivity index (χ1v) is 7.86. The van der Waals surface area contributed by atoms with E-state index in [-0.39, 0.29) is 11.3 Å². The van der Waals surface area contributed by atoms with Gasteiger partial charge in [-0.2, -0.15) is 4.39 Å². The molecule has 2 rings (SSSR count). The van der Waals surface area contributed by atoms with E-state index in [1.54, 1.807) is 24.3 Å². The lowest BCUT2D eigenvalue weighted by molar-refractivity contribution is 0.0733. The van der Waals surface area contributed by atoms with Gasteiger partial charge in [0.1, 0.15) is 5.75 Å². The third-order valence-electron chi connectivity index (χ3n) is 3.34. The van der Waals surface area contributed by atoms with Crippen LogP contribution < -0.4 is 9.47 Å². The van der Waals surface area contributed by atoms with Gasteiger partial charge in [-0.3, -0.25) is 0 Å². The molecule has 0 aliphatic heterocycles. The normalized spacial score (nSPS) is 10.5. The Kier molecular flexibility index (Phi) is 6.66. The van der Waals surface area contributed by atoms with Crippen molar-refractivity contribution in [2.24, 2.45) is 0 Å². The minimum Gasteiger partial charge on any atom is -0.494 e.